The second-order valence-electron chi connectivity index (χ2n) is 19.5. The Morgan fingerprint density at radius 2 is 0.871 bits per heavy atom. The first-order valence-corrected chi connectivity index (χ1v) is 27.0. The quantitative estimate of drug-likeness (QED) is 0.0245. The first kappa shape index (κ1) is 63.8. The van der Waals surface area contributed by atoms with Crippen LogP contribution in [0.15, 0.2) is 0 Å². The van der Waals surface area contributed by atoms with E-state index in [0.29, 0.717) is 110 Å². The van der Waals surface area contributed by atoms with Crippen molar-refractivity contribution in [2.75, 3.05) is 26.2 Å². The lowest BCUT2D eigenvalue weighted by Gasteiger charge is -2.28. The number of hydrogen-bond donors (Lipinski definition) is 10. The van der Waals surface area contributed by atoms with Crippen LogP contribution in [0, 0.1) is 11.8 Å². The molecule has 5 amide bonds. The second-order valence-corrected chi connectivity index (χ2v) is 19.5. The van der Waals surface area contributed by atoms with E-state index in [1.54, 1.807) is 0 Å². The summed E-state index contributed by atoms with van der Waals surface area (Å²) in [4.78, 5) is 95.7. The third-order valence-electron chi connectivity index (χ3n) is 13.3. The molecule has 18 nitrogen and oxygen atoms in total. The number of amides is 5. The number of carboxylic acids is 3. The second kappa shape index (κ2) is 42.4. The lowest BCUT2D eigenvalue weighted by atomic mass is 9.81. The van der Waals surface area contributed by atoms with E-state index < -0.39 is 36.0 Å². The summed E-state index contributed by atoms with van der Waals surface area (Å²) < 4.78 is 0. The summed E-state index contributed by atoms with van der Waals surface area (Å²) in [5, 5.41) is 43.7. The van der Waals surface area contributed by atoms with Gasteiger partial charge in [-0.3, -0.25) is 33.6 Å². The van der Waals surface area contributed by atoms with E-state index in [1.165, 1.54) is 64.2 Å². The summed E-state index contributed by atoms with van der Waals surface area (Å²) in [6.45, 7) is 1.84. The maximum Gasteiger partial charge on any atom is 0.326 e. The standard InChI is InChI=1S/C51H92BN7O11/c52-59-43(51(69)70)25-20-23-37-56-49(66)41(53)24-19-22-36-54-44(60)26-17-15-21-35-55-46(62)34-33-42(50(67)68)58-48(65)40-31-29-39(30-32-40)38-57-45(61)27-16-13-11-9-7-5-3-1-2-4-6-8-10-12-14-18-28-47(63)64/h39-43,59H,1-38,53H2,(H,54,60)(H,55,62)(H,56,66)(H,57,61)(H,58,65)(H,63,64)(H,67,68)(H,69,70)/t39?,40?,41-,42-,43-/m0/s1. The maximum atomic E-state index is 13.0. The molecule has 1 saturated carbocycles. The highest BCUT2D eigenvalue weighted by Crippen LogP contribution is 2.29. The fraction of sp³-hybridized carbons (Fsp3) is 0.843. The molecule has 0 aromatic carbocycles. The Labute approximate surface area is 419 Å². The average molecular weight is 990 g/mol. The molecular formula is C51H92BN7O11. The lowest BCUT2D eigenvalue weighted by Crippen LogP contribution is -2.45. The molecule has 70 heavy (non-hydrogen) atoms. The number of carbonyl (C=O) groups is 8. The van der Waals surface area contributed by atoms with E-state index >= 15 is 0 Å². The van der Waals surface area contributed by atoms with Gasteiger partial charge in [-0.05, 0) is 102 Å². The molecule has 1 rings (SSSR count). The molecule has 0 heterocycles. The van der Waals surface area contributed by atoms with Gasteiger partial charge in [-0.2, -0.15) is 0 Å². The Kier molecular flexibility index (Phi) is 38.6. The highest BCUT2D eigenvalue weighted by Gasteiger charge is 2.30. The van der Waals surface area contributed by atoms with Gasteiger partial charge in [0.2, 0.25) is 29.5 Å². The minimum absolute atomic E-state index is 0.0248. The number of hydrogen-bond acceptors (Lipinski definition) is 10. The summed E-state index contributed by atoms with van der Waals surface area (Å²) in [7, 11) is 5.20. The summed E-state index contributed by atoms with van der Waals surface area (Å²) in [5.74, 6) is -3.80. The molecule has 0 unspecified atom stereocenters. The largest absolute Gasteiger partial charge is 0.481 e. The number of carbonyl (C=O) groups excluding carboxylic acids is 5. The minimum Gasteiger partial charge on any atom is -0.481 e. The maximum absolute atomic E-state index is 13.0. The van der Waals surface area contributed by atoms with Gasteiger partial charge >= 0.3 is 17.9 Å². The summed E-state index contributed by atoms with van der Waals surface area (Å²) in [6, 6.07) is -2.65. The van der Waals surface area contributed by atoms with Crippen molar-refractivity contribution in [1.82, 2.24) is 31.8 Å². The number of nitrogens with one attached hydrogen (secondary N) is 6. The van der Waals surface area contributed by atoms with Gasteiger partial charge in [0.1, 0.15) is 6.04 Å². The van der Waals surface area contributed by atoms with Crippen LogP contribution < -0.4 is 37.5 Å². The molecule has 1 aliphatic carbocycles. The van der Waals surface area contributed by atoms with Gasteiger partial charge in [-0.25, -0.2) is 4.79 Å². The van der Waals surface area contributed by atoms with Gasteiger partial charge in [0.05, 0.1) is 12.1 Å². The van der Waals surface area contributed by atoms with Crippen molar-refractivity contribution in [1.29, 1.82) is 0 Å². The molecule has 2 radical (unpaired) electrons. The number of nitrogens with two attached hydrogens (primary N) is 1. The predicted octanol–water partition coefficient (Wildman–Crippen LogP) is 6.07. The van der Waals surface area contributed by atoms with E-state index in [2.05, 4.69) is 31.8 Å². The van der Waals surface area contributed by atoms with Crippen LogP contribution in [0.25, 0.3) is 0 Å². The number of carboxylic acid groups (broad SMARTS) is 3. The average Bonchev–Trinajstić information content (AvgIpc) is 3.33. The number of unbranched alkanes of at least 4 members (excludes halogenated alkanes) is 19. The van der Waals surface area contributed by atoms with Crippen LogP contribution in [-0.4, -0.2) is 115 Å². The Morgan fingerprint density at radius 3 is 1.36 bits per heavy atom. The van der Waals surface area contributed by atoms with Crippen LogP contribution in [0.4, 0.5) is 0 Å². The van der Waals surface area contributed by atoms with E-state index in [0.717, 1.165) is 57.8 Å². The van der Waals surface area contributed by atoms with Crippen LogP contribution in [0.1, 0.15) is 218 Å². The van der Waals surface area contributed by atoms with E-state index in [1.807, 2.05) is 0 Å². The van der Waals surface area contributed by atoms with Crippen LogP contribution in [-0.2, 0) is 38.4 Å². The Morgan fingerprint density at radius 1 is 0.457 bits per heavy atom. The Bertz CT molecular complexity index is 1480. The summed E-state index contributed by atoms with van der Waals surface area (Å²) in [5.41, 5.74) is 5.96. The number of aliphatic carboxylic acids is 3. The molecular weight excluding hydrogens is 897 g/mol. The zero-order chi connectivity index (χ0) is 51.6. The van der Waals surface area contributed by atoms with Crippen molar-refractivity contribution >= 4 is 55.4 Å². The first-order valence-electron chi connectivity index (χ1n) is 27.0. The zero-order valence-corrected chi connectivity index (χ0v) is 42.5. The van der Waals surface area contributed by atoms with Crippen LogP contribution in [0.3, 0.4) is 0 Å². The molecule has 3 atom stereocenters. The van der Waals surface area contributed by atoms with Crippen LogP contribution in [0.5, 0.6) is 0 Å². The molecule has 0 aliphatic heterocycles. The zero-order valence-electron chi connectivity index (χ0n) is 42.5. The van der Waals surface area contributed by atoms with Gasteiger partial charge in [0, 0.05) is 57.8 Å². The first-order chi connectivity index (χ1) is 33.7. The van der Waals surface area contributed by atoms with Crippen molar-refractivity contribution < 1.29 is 53.7 Å². The normalized spacial score (nSPS) is 15.8. The van der Waals surface area contributed by atoms with E-state index in [9.17, 15) is 43.5 Å². The van der Waals surface area contributed by atoms with Crippen molar-refractivity contribution in [3.8, 4) is 0 Å². The van der Waals surface area contributed by atoms with E-state index in [4.69, 9.17) is 23.9 Å². The molecule has 11 N–H and O–H groups in total. The monoisotopic (exact) mass is 990 g/mol. The topological polar surface area (TPSA) is 295 Å². The third-order valence-corrected chi connectivity index (χ3v) is 13.3. The highest BCUT2D eigenvalue weighted by atomic mass is 16.4. The van der Waals surface area contributed by atoms with Crippen LogP contribution in [0.2, 0.25) is 0 Å². The number of rotatable bonds is 46. The molecule has 0 aromatic rings. The minimum atomic E-state index is -1.18. The lowest BCUT2D eigenvalue weighted by molar-refractivity contribution is -0.143. The molecule has 0 aromatic heterocycles. The molecule has 0 spiro atoms. The van der Waals surface area contributed by atoms with Gasteiger partial charge in [-0.15, -0.1) is 0 Å². The highest BCUT2D eigenvalue weighted by molar-refractivity contribution is 6.06. The van der Waals surface area contributed by atoms with Crippen LogP contribution >= 0.6 is 0 Å². The van der Waals surface area contributed by atoms with Crippen molar-refractivity contribution in [3.63, 3.8) is 0 Å². The fourth-order valence-corrected chi connectivity index (χ4v) is 8.77. The molecule has 0 saturated heterocycles. The van der Waals surface area contributed by atoms with Gasteiger partial charge in [-0.1, -0.05) is 96.3 Å². The molecule has 1 aliphatic rings. The third kappa shape index (κ3) is 35.8. The van der Waals surface area contributed by atoms with Crippen molar-refractivity contribution in [3.05, 3.63) is 0 Å². The SMILES string of the molecule is [B]N[C@@H](CCCCNC(=O)[C@@H](N)CCCCNC(=O)CCCCCNC(=O)CC[C@H](NC(=O)C1CCC(CNC(=O)CCCCCCCCCCCCCCCCCCC(=O)O)CC1)C(=O)O)C(=O)O. The fourth-order valence-electron chi connectivity index (χ4n) is 8.77. The van der Waals surface area contributed by atoms with Gasteiger partial charge < -0.3 is 52.9 Å². The Balaban J connectivity index is 2.03. The van der Waals surface area contributed by atoms with Crippen molar-refractivity contribution in [2.45, 2.75) is 236 Å². The Hall–Kier alpha value is -4.26. The van der Waals surface area contributed by atoms with Crippen molar-refractivity contribution in [2.24, 2.45) is 17.6 Å². The molecule has 19 heteroatoms. The van der Waals surface area contributed by atoms with Gasteiger partial charge in [0.25, 0.3) is 0 Å². The van der Waals surface area contributed by atoms with E-state index in [-0.39, 0.29) is 54.2 Å². The smallest absolute Gasteiger partial charge is 0.326 e. The molecule has 400 valence electrons. The summed E-state index contributed by atoms with van der Waals surface area (Å²) >= 11 is 0. The molecule has 0 bridgehead atoms. The van der Waals surface area contributed by atoms with Gasteiger partial charge in [0.15, 0.2) is 7.98 Å². The predicted molar refractivity (Wildman–Crippen MR) is 271 cm³/mol. The molecule has 1 fully saturated rings. The summed E-state index contributed by atoms with van der Waals surface area (Å²) in [6.07, 6.45) is 28.0.